The summed E-state index contributed by atoms with van der Waals surface area (Å²) in [6.45, 7) is 4.00. The predicted molar refractivity (Wildman–Crippen MR) is 129 cm³/mol. The van der Waals surface area contributed by atoms with E-state index in [1.807, 2.05) is 55.6 Å². The molecule has 3 heterocycles. The molecule has 3 aromatic heterocycles. The first-order chi connectivity index (χ1) is 16.0. The van der Waals surface area contributed by atoms with E-state index in [2.05, 4.69) is 20.3 Å². The van der Waals surface area contributed by atoms with Crippen molar-refractivity contribution in [2.45, 2.75) is 33.3 Å². The Hall–Kier alpha value is -3.43. The van der Waals surface area contributed by atoms with Gasteiger partial charge in [-0.15, -0.1) is 22.7 Å². The summed E-state index contributed by atoms with van der Waals surface area (Å²) in [5.41, 5.74) is 4.94. The third-order valence-corrected chi connectivity index (χ3v) is 6.53. The largest absolute Gasteiger partial charge is 0.459 e. The standard InChI is InChI=1S/C24H22N4O3S2/c1-15-6-7-16(2)20(9-15)28-21(29)11-22-26-18(14-32-22)12-31-23(30)10-17-13-33-24(27-17)19-5-3-4-8-25-19/h3-9,13-14H,10-12H2,1-2H3,(H,28,29). The normalized spacial score (nSPS) is 10.7. The van der Waals surface area contributed by atoms with Gasteiger partial charge in [0.2, 0.25) is 5.91 Å². The molecule has 0 bridgehead atoms. The molecule has 1 N–H and O–H groups in total. The highest BCUT2D eigenvalue weighted by molar-refractivity contribution is 7.13. The van der Waals surface area contributed by atoms with Crippen molar-refractivity contribution >= 4 is 40.2 Å². The van der Waals surface area contributed by atoms with Gasteiger partial charge in [0, 0.05) is 22.6 Å². The SMILES string of the molecule is Cc1ccc(C)c(NC(=O)Cc2nc(COC(=O)Cc3csc(-c4ccccn4)n3)cs2)c1. The quantitative estimate of drug-likeness (QED) is 0.368. The van der Waals surface area contributed by atoms with Crippen LogP contribution in [0.2, 0.25) is 0 Å². The maximum Gasteiger partial charge on any atom is 0.312 e. The van der Waals surface area contributed by atoms with Crippen LogP contribution in [0.1, 0.15) is 27.5 Å². The van der Waals surface area contributed by atoms with E-state index in [1.165, 1.54) is 22.7 Å². The van der Waals surface area contributed by atoms with Crippen molar-refractivity contribution in [3.8, 4) is 10.7 Å². The monoisotopic (exact) mass is 478 g/mol. The Morgan fingerprint density at radius 2 is 1.85 bits per heavy atom. The van der Waals surface area contributed by atoms with Gasteiger partial charge in [0.05, 0.1) is 29.9 Å². The fourth-order valence-electron chi connectivity index (χ4n) is 3.05. The van der Waals surface area contributed by atoms with Crippen molar-refractivity contribution < 1.29 is 14.3 Å². The highest BCUT2D eigenvalue weighted by Gasteiger charge is 2.13. The summed E-state index contributed by atoms with van der Waals surface area (Å²) in [6.07, 6.45) is 1.96. The lowest BCUT2D eigenvalue weighted by Crippen LogP contribution is -2.15. The highest BCUT2D eigenvalue weighted by atomic mass is 32.1. The van der Waals surface area contributed by atoms with Crippen LogP contribution in [-0.4, -0.2) is 26.8 Å². The molecule has 0 aliphatic rings. The number of thiazole rings is 2. The summed E-state index contributed by atoms with van der Waals surface area (Å²) in [5, 5.41) is 8.00. The number of esters is 1. The Morgan fingerprint density at radius 1 is 1.00 bits per heavy atom. The number of benzene rings is 1. The van der Waals surface area contributed by atoms with Gasteiger partial charge >= 0.3 is 5.97 Å². The minimum Gasteiger partial charge on any atom is -0.459 e. The predicted octanol–water partition coefficient (Wildman–Crippen LogP) is 4.75. The molecule has 0 atom stereocenters. The smallest absolute Gasteiger partial charge is 0.312 e. The van der Waals surface area contributed by atoms with Gasteiger partial charge in [-0.3, -0.25) is 14.6 Å². The van der Waals surface area contributed by atoms with Crippen LogP contribution >= 0.6 is 22.7 Å². The fraction of sp³-hybridized carbons (Fsp3) is 0.208. The Morgan fingerprint density at radius 3 is 2.67 bits per heavy atom. The molecule has 0 saturated heterocycles. The van der Waals surface area contributed by atoms with Gasteiger partial charge in [0.15, 0.2) is 0 Å². The van der Waals surface area contributed by atoms with E-state index in [-0.39, 0.29) is 31.3 Å². The molecule has 0 aliphatic carbocycles. The number of ether oxygens (including phenoxy) is 1. The summed E-state index contributed by atoms with van der Waals surface area (Å²) in [6, 6.07) is 11.5. The molecule has 7 nitrogen and oxygen atoms in total. The average molecular weight is 479 g/mol. The summed E-state index contributed by atoms with van der Waals surface area (Å²) >= 11 is 2.81. The van der Waals surface area contributed by atoms with Crippen molar-refractivity contribution in [2.24, 2.45) is 0 Å². The molecule has 9 heteroatoms. The number of rotatable bonds is 8. The Labute approximate surface area is 199 Å². The van der Waals surface area contributed by atoms with Crippen LogP contribution in [-0.2, 0) is 33.8 Å². The van der Waals surface area contributed by atoms with Gasteiger partial charge in [-0.25, -0.2) is 9.97 Å². The van der Waals surface area contributed by atoms with Gasteiger partial charge < -0.3 is 10.1 Å². The van der Waals surface area contributed by atoms with Crippen molar-refractivity contribution in [1.82, 2.24) is 15.0 Å². The van der Waals surface area contributed by atoms with Gasteiger partial charge in [-0.05, 0) is 43.2 Å². The lowest BCUT2D eigenvalue weighted by atomic mass is 10.1. The number of anilines is 1. The maximum absolute atomic E-state index is 12.4. The Bertz CT molecular complexity index is 1270. The van der Waals surface area contributed by atoms with Crippen LogP contribution in [0.25, 0.3) is 10.7 Å². The highest BCUT2D eigenvalue weighted by Crippen LogP contribution is 2.22. The number of hydrogen-bond acceptors (Lipinski definition) is 8. The summed E-state index contributed by atoms with van der Waals surface area (Å²) < 4.78 is 5.34. The van der Waals surface area contributed by atoms with Gasteiger partial charge in [0.1, 0.15) is 16.6 Å². The fourth-order valence-corrected chi connectivity index (χ4v) is 4.62. The molecule has 0 spiro atoms. The summed E-state index contributed by atoms with van der Waals surface area (Å²) in [4.78, 5) is 37.7. The van der Waals surface area contributed by atoms with Crippen molar-refractivity contribution in [3.05, 3.63) is 80.9 Å². The number of aromatic nitrogens is 3. The first-order valence-electron chi connectivity index (χ1n) is 10.3. The second-order valence-corrected chi connectivity index (χ2v) is 9.27. The zero-order chi connectivity index (χ0) is 23.2. The van der Waals surface area contributed by atoms with E-state index >= 15 is 0 Å². The van der Waals surface area contributed by atoms with Crippen molar-refractivity contribution in [2.75, 3.05) is 5.32 Å². The molecule has 0 fully saturated rings. The molecule has 0 saturated carbocycles. The number of nitrogens with zero attached hydrogens (tertiary/aromatic N) is 3. The molecule has 33 heavy (non-hydrogen) atoms. The van der Waals surface area contributed by atoms with Crippen LogP contribution in [0.3, 0.4) is 0 Å². The molecule has 4 aromatic rings. The molecular formula is C24H22N4O3S2. The van der Waals surface area contributed by atoms with E-state index in [0.29, 0.717) is 16.4 Å². The Balaban J connectivity index is 1.26. The molecule has 1 amide bonds. The second kappa shape index (κ2) is 10.5. The van der Waals surface area contributed by atoms with Gasteiger partial charge in [0.25, 0.3) is 0 Å². The van der Waals surface area contributed by atoms with E-state index in [0.717, 1.165) is 27.5 Å². The van der Waals surface area contributed by atoms with E-state index in [4.69, 9.17) is 4.74 Å². The van der Waals surface area contributed by atoms with Crippen LogP contribution in [0.5, 0.6) is 0 Å². The minimum absolute atomic E-state index is 0.0607. The first-order valence-corrected chi connectivity index (χ1v) is 12.0. The molecule has 168 valence electrons. The number of pyridine rings is 1. The number of nitrogens with one attached hydrogen (secondary N) is 1. The summed E-state index contributed by atoms with van der Waals surface area (Å²) in [7, 11) is 0. The molecule has 0 unspecified atom stereocenters. The second-order valence-electron chi connectivity index (χ2n) is 7.47. The van der Waals surface area contributed by atoms with Gasteiger partial charge in [-0.1, -0.05) is 18.2 Å². The number of hydrogen-bond donors (Lipinski definition) is 1. The zero-order valence-electron chi connectivity index (χ0n) is 18.2. The van der Waals surface area contributed by atoms with E-state index in [1.54, 1.807) is 11.6 Å². The van der Waals surface area contributed by atoms with Crippen molar-refractivity contribution in [1.29, 1.82) is 0 Å². The molecule has 0 radical (unpaired) electrons. The number of carbonyl (C=O) groups excluding carboxylic acids is 2. The number of aryl methyl sites for hydroxylation is 2. The number of carbonyl (C=O) groups is 2. The molecule has 0 aliphatic heterocycles. The van der Waals surface area contributed by atoms with E-state index < -0.39 is 0 Å². The van der Waals surface area contributed by atoms with Gasteiger partial charge in [-0.2, -0.15) is 0 Å². The molecule has 4 rings (SSSR count). The first kappa shape index (κ1) is 22.8. The van der Waals surface area contributed by atoms with Crippen LogP contribution in [0.15, 0.2) is 53.4 Å². The van der Waals surface area contributed by atoms with Crippen LogP contribution in [0, 0.1) is 13.8 Å². The number of amides is 1. The van der Waals surface area contributed by atoms with Crippen LogP contribution < -0.4 is 5.32 Å². The Kier molecular flexibility index (Phi) is 7.21. The molecule has 1 aromatic carbocycles. The topological polar surface area (TPSA) is 94.1 Å². The third-order valence-electron chi connectivity index (χ3n) is 4.72. The lowest BCUT2D eigenvalue weighted by molar-refractivity contribution is -0.144. The zero-order valence-corrected chi connectivity index (χ0v) is 19.8. The van der Waals surface area contributed by atoms with Crippen LogP contribution in [0.4, 0.5) is 5.69 Å². The lowest BCUT2D eigenvalue weighted by Gasteiger charge is -2.08. The van der Waals surface area contributed by atoms with E-state index in [9.17, 15) is 9.59 Å². The average Bonchev–Trinajstić information content (AvgIpc) is 3.45. The minimum atomic E-state index is -0.380. The maximum atomic E-state index is 12.4. The van der Waals surface area contributed by atoms with Crippen molar-refractivity contribution in [3.63, 3.8) is 0 Å². The molecular weight excluding hydrogens is 456 g/mol. The third kappa shape index (κ3) is 6.30. The summed E-state index contributed by atoms with van der Waals surface area (Å²) in [5.74, 6) is -0.510.